The van der Waals surface area contributed by atoms with Crippen LogP contribution < -0.4 is 4.90 Å². The highest BCUT2D eigenvalue weighted by Crippen LogP contribution is 2.44. The standard InChI is InChI=1S/C68H46N2/c1-4-17-47(18-5-1)48-31-33-49(34-32-48)54-24-16-25-56(45-54)69(55-38-35-53(36-39-55)59-42-41-58(50-19-6-2-7-20-50)61-27-12-13-28-62(59)61)57-40-44-66(64(46-57)51-21-8-3-9-22-51)70-65-30-15-14-29-63(65)68-60-26-11-10-23-52(60)37-43-67(68)70/h1-46H. The first-order valence-electron chi connectivity index (χ1n) is 24.1. The third-order valence-corrected chi connectivity index (χ3v) is 14.0. The minimum absolute atomic E-state index is 1.07. The first-order valence-corrected chi connectivity index (χ1v) is 24.1. The second-order valence-corrected chi connectivity index (χ2v) is 18.0. The lowest BCUT2D eigenvalue weighted by Crippen LogP contribution is -2.11. The van der Waals surface area contributed by atoms with E-state index in [9.17, 15) is 0 Å². The average molecular weight is 891 g/mol. The molecule has 0 fully saturated rings. The fourth-order valence-electron chi connectivity index (χ4n) is 10.7. The van der Waals surface area contributed by atoms with E-state index >= 15 is 0 Å². The first-order chi connectivity index (χ1) is 34.7. The lowest BCUT2D eigenvalue weighted by molar-refractivity contribution is 1.18. The molecule has 0 radical (unpaired) electrons. The van der Waals surface area contributed by atoms with E-state index in [1.807, 2.05) is 0 Å². The van der Waals surface area contributed by atoms with E-state index < -0.39 is 0 Å². The number of nitrogens with zero attached hydrogens (tertiary/aromatic N) is 2. The molecule has 2 nitrogen and oxygen atoms in total. The Kier molecular flexibility index (Phi) is 10.2. The summed E-state index contributed by atoms with van der Waals surface area (Å²) >= 11 is 0. The van der Waals surface area contributed by atoms with Crippen LogP contribution in [0.4, 0.5) is 17.1 Å². The Morgan fingerprint density at radius 3 is 1.39 bits per heavy atom. The van der Waals surface area contributed by atoms with Gasteiger partial charge in [-0.05, 0) is 126 Å². The fraction of sp³-hybridized carbons (Fsp3) is 0. The zero-order valence-corrected chi connectivity index (χ0v) is 38.5. The van der Waals surface area contributed by atoms with Crippen molar-refractivity contribution in [2.24, 2.45) is 0 Å². The monoisotopic (exact) mass is 890 g/mol. The number of hydrogen-bond donors (Lipinski definition) is 0. The Morgan fingerprint density at radius 1 is 0.243 bits per heavy atom. The maximum Gasteiger partial charge on any atom is 0.0547 e. The van der Waals surface area contributed by atoms with Crippen molar-refractivity contribution in [1.82, 2.24) is 4.57 Å². The Balaban J connectivity index is 0.983. The van der Waals surface area contributed by atoms with Crippen LogP contribution in [0.5, 0.6) is 0 Å². The summed E-state index contributed by atoms with van der Waals surface area (Å²) in [6.07, 6.45) is 0. The van der Waals surface area contributed by atoms with Gasteiger partial charge in [0, 0.05) is 33.4 Å². The lowest BCUT2D eigenvalue weighted by atomic mass is 9.92. The van der Waals surface area contributed by atoms with Gasteiger partial charge in [-0.2, -0.15) is 0 Å². The molecule has 0 spiro atoms. The van der Waals surface area contributed by atoms with E-state index in [-0.39, 0.29) is 0 Å². The van der Waals surface area contributed by atoms with Crippen LogP contribution in [0.3, 0.4) is 0 Å². The minimum atomic E-state index is 1.07. The van der Waals surface area contributed by atoms with Gasteiger partial charge in [-0.1, -0.05) is 224 Å². The summed E-state index contributed by atoms with van der Waals surface area (Å²) in [6, 6.07) is 102. The van der Waals surface area contributed by atoms with Crippen molar-refractivity contribution in [1.29, 1.82) is 0 Å². The minimum Gasteiger partial charge on any atom is -0.310 e. The van der Waals surface area contributed by atoms with Crippen molar-refractivity contribution in [2.45, 2.75) is 0 Å². The molecule has 0 amide bonds. The molecule has 0 saturated carbocycles. The zero-order valence-electron chi connectivity index (χ0n) is 38.5. The van der Waals surface area contributed by atoms with Gasteiger partial charge in [0.25, 0.3) is 0 Å². The smallest absolute Gasteiger partial charge is 0.0547 e. The van der Waals surface area contributed by atoms with Crippen LogP contribution in [-0.2, 0) is 0 Å². The molecule has 13 rings (SSSR count). The summed E-state index contributed by atoms with van der Waals surface area (Å²) in [7, 11) is 0. The van der Waals surface area contributed by atoms with E-state index in [4.69, 9.17) is 0 Å². The molecule has 2 heteroatoms. The molecule has 0 aliphatic rings. The SMILES string of the molecule is c1ccc(-c2ccc(-c3cccc(N(c4ccc(-c5ccc(-c6ccccc6)c6ccccc56)cc4)c4ccc(-n5c6ccccc6c6c7ccccc7ccc65)c(-c5ccccc5)c4)c3)cc2)cc1. The number of anilines is 3. The third kappa shape index (κ3) is 7.22. The van der Waals surface area contributed by atoms with Crippen molar-refractivity contribution in [3.63, 3.8) is 0 Å². The predicted octanol–water partition coefficient (Wildman–Crippen LogP) is 18.9. The van der Waals surface area contributed by atoms with E-state index in [2.05, 4.69) is 289 Å². The molecule has 0 aliphatic carbocycles. The largest absolute Gasteiger partial charge is 0.310 e. The van der Waals surface area contributed by atoms with Crippen LogP contribution in [0.25, 0.3) is 105 Å². The van der Waals surface area contributed by atoms with Crippen molar-refractivity contribution in [2.75, 3.05) is 4.90 Å². The topological polar surface area (TPSA) is 8.17 Å². The van der Waals surface area contributed by atoms with Crippen molar-refractivity contribution in [3.05, 3.63) is 279 Å². The Bertz CT molecular complexity index is 4020. The molecule has 0 atom stereocenters. The molecule has 70 heavy (non-hydrogen) atoms. The summed E-state index contributed by atoms with van der Waals surface area (Å²) in [5.74, 6) is 0. The van der Waals surface area contributed by atoms with E-state index in [1.165, 1.54) is 82.3 Å². The molecule has 1 aromatic heterocycles. The van der Waals surface area contributed by atoms with E-state index in [0.717, 1.165) is 39.4 Å². The number of benzene rings is 12. The normalized spacial score (nSPS) is 11.4. The van der Waals surface area contributed by atoms with Crippen molar-refractivity contribution in [3.8, 4) is 61.3 Å². The van der Waals surface area contributed by atoms with Crippen molar-refractivity contribution < 1.29 is 0 Å². The summed E-state index contributed by atoms with van der Waals surface area (Å²) in [5.41, 5.74) is 18.6. The molecular formula is C68H46N2. The number of rotatable bonds is 9. The maximum atomic E-state index is 2.47. The highest BCUT2D eigenvalue weighted by atomic mass is 15.1. The molecule has 0 saturated heterocycles. The predicted molar refractivity (Wildman–Crippen MR) is 298 cm³/mol. The van der Waals surface area contributed by atoms with Gasteiger partial charge in [0.2, 0.25) is 0 Å². The van der Waals surface area contributed by atoms with Crippen LogP contribution in [0.2, 0.25) is 0 Å². The second-order valence-electron chi connectivity index (χ2n) is 18.0. The maximum absolute atomic E-state index is 2.47. The third-order valence-electron chi connectivity index (χ3n) is 14.0. The first kappa shape index (κ1) is 41.0. The van der Waals surface area contributed by atoms with Gasteiger partial charge in [-0.25, -0.2) is 0 Å². The van der Waals surface area contributed by atoms with Gasteiger partial charge in [0.05, 0.1) is 16.7 Å². The molecular weight excluding hydrogens is 845 g/mol. The van der Waals surface area contributed by atoms with Gasteiger partial charge in [0.1, 0.15) is 0 Å². The van der Waals surface area contributed by atoms with Gasteiger partial charge in [-0.3, -0.25) is 0 Å². The van der Waals surface area contributed by atoms with E-state index in [0.29, 0.717) is 0 Å². The second kappa shape index (κ2) is 17.4. The van der Waals surface area contributed by atoms with Crippen LogP contribution in [0.15, 0.2) is 279 Å². The summed E-state index contributed by atoms with van der Waals surface area (Å²) in [6.45, 7) is 0. The summed E-state index contributed by atoms with van der Waals surface area (Å²) < 4.78 is 2.47. The number of aromatic nitrogens is 1. The molecule has 0 bridgehead atoms. The fourth-order valence-corrected chi connectivity index (χ4v) is 10.7. The average Bonchev–Trinajstić information content (AvgIpc) is 3.78. The number of para-hydroxylation sites is 1. The Hall–Kier alpha value is -9.24. The molecule has 13 aromatic rings. The summed E-state index contributed by atoms with van der Waals surface area (Å²) in [5, 5.41) is 7.50. The van der Waals surface area contributed by atoms with Gasteiger partial charge >= 0.3 is 0 Å². The molecule has 328 valence electrons. The molecule has 0 N–H and O–H groups in total. The summed E-state index contributed by atoms with van der Waals surface area (Å²) in [4.78, 5) is 2.41. The van der Waals surface area contributed by atoms with Gasteiger partial charge < -0.3 is 9.47 Å². The van der Waals surface area contributed by atoms with Gasteiger partial charge in [0.15, 0.2) is 0 Å². The quantitative estimate of drug-likeness (QED) is 0.140. The van der Waals surface area contributed by atoms with Crippen LogP contribution in [-0.4, -0.2) is 4.57 Å². The Morgan fingerprint density at radius 2 is 0.714 bits per heavy atom. The lowest BCUT2D eigenvalue weighted by Gasteiger charge is -2.28. The van der Waals surface area contributed by atoms with E-state index in [1.54, 1.807) is 0 Å². The highest BCUT2D eigenvalue weighted by Gasteiger charge is 2.21. The zero-order chi connectivity index (χ0) is 46.4. The van der Waals surface area contributed by atoms with Crippen LogP contribution in [0, 0.1) is 0 Å². The van der Waals surface area contributed by atoms with Crippen molar-refractivity contribution >= 4 is 60.4 Å². The number of fused-ring (bicyclic) bond motifs is 6. The molecule has 0 unspecified atom stereocenters. The number of hydrogen-bond acceptors (Lipinski definition) is 1. The molecule has 1 heterocycles. The Labute approximate surface area is 408 Å². The highest BCUT2D eigenvalue weighted by molar-refractivity contribution is 6.21. The molecule has 0 aliphatic heterocycles. The van der Waals surface area contributed by atoms with Crippen LogP contribution in [0.1, 0.15) is 0 Å². The van der Waals surface area contributed by atoms with Crippen LogP contribution >= 0.6 is 0 Å². The molecule has 12 aromatic carbocycles. The van der Waals surface area contributed by atoms with Gasteiger partial charge in [-0.15, -0.1) is 0 Å².